The molecule has 0 saturated heterocycles. The summed E-state index contributed by atoms with van der Waals surface area (Å²) in [6.07, 6.45) is 3.62. The van der Waals surface area contributed by atoms with Crippen LogP contribution in [-0.2, 0) is 0 Å². The zero-order valence-electron chi connectivity index (χ0n) is 14.1. The third-order valence-corrected chi connectivity index (χ3v) is 5.04. The molecule has 0 atom stereocenters. The van der Waals surface area contributed by atoms with Gasteiger partial charge in [-0.15, -0.1) is 0 Å². The Morgan fingerprint density at radius 3 is 2.62 bits per heavy atom. The molecule has 0 saturated carbocycles. The van der Waals surface area contributed by atoms with Crippen LogP contribution in [0.2, 0.25) is 5.02 Å². The number of aryl methyl sites for hydroxylation is 2. The summed E-state index contributed by atoms with van der Waals surface area (Å²) in [6.45, 7) is 3.96. The first-order valence-corrected chi connectivity index (χ1v) is 9.13. The van der Waals surface area contributed by atoms with Crippen molar-refractivity contribution in [1.29, 1.82) is 0 Å². The molecule has 0 aliphatic carbocycles. The van der Waals surface area contributed by atoms with Crippen LogP contribution in [-0.4, -0.2) is 25.1 Å². The molecule has 0 aliphatic heterocycles. The number of carbonyl (C=O) groups is 1. The van der Waals surface area contributed by atoms with E-state index < -0.39 is 0 Å². The van der Waals surface area contributed by atoms with Crippen LogP contribution >= 0.6 is 27.5 Å². The van der Waals surface area contributed by atoms with Gasteiger partial charge in [0.1, 0.15) is 11.3 Å². The molecule has 0 spiro atoms. The number of imidazole rings is 1. The van der Waals surface area contributed by atoms with E-state index in [1.165, 1.54) is 4.68 Å². The zero-order valence-corrected chi connectivity index (χ0v) is 16.4. The average Bonchev–Trinajstić information content (AvgIpc) is 3.15. The van der Waals surface area contributed by atoms with Crippen LogP contribution in [0.15, 0.2) is 53.3 Å². The van der Waals surface area contributed by atoms with Crippen LogP contribution in [0.1, 0.15) is 21.6 Å². The number of halogens is 2. The largest absolute Gasteiger partial charge is 0.298 e. The molecule has 0 N–H and O–H groups in total. The fourth-order valence-electron chi connectivity index (χ4n) is 2.94. The third kappa shape index (κ3) is 2.75. The Morgan fingerprint density at radius 2 is 1.88 bits per heavy atom. The van der Waals surface area contributed by atoms with Crippen LogP contribution in [0, 0.1) is 13.8 Å². The van der Waals surface area contributed by atoms with Crippen molar-refractivity contribution in [3.8, 4) is 11.4 Å². The highest BCUT2D eigenvalue weighted by atomic mass is 79.9. The lowest BCUT2D eigenvalue weighted by molar-refractivity contribution is 0.0945. The van der Waals surface area contributed by atoms with Gasteiger partial charge in [-0.05, 0) is 65.7 Å². The van der Waals surface area contributed by atoms with Gasteiger partial charge in [-0.25, -0.2) is 9.67 Å². The van der Waals surface area contributed by atoms with E-state index in [0.717, 1.165) is 27.1 Å². The molecule has 5 nitrogen and oxygen atoms in total. The maximum Gasteiger partial charge on any atom is 0.278 e. The summed E-state index contributed by atoms with van der Waals surface area (Å²) in [4.78, 5) is 17.4. The first kappa shape index (κ1) is 17.0. The van der Waals surface area contributed by atoms with Crippen molar-refractivity contribution in [3.05, 3.63) is 75.1 Å². The van der Waals surface area contributed by atoms with Gasteiger partial charge in [-0.3, -0.25) is 9.20 Å². The van der Waals surface area contributed by atoms with Crippen LogP contribution in [0.5, 0.6) is 0 Å². The Labute approximate surface area is 163 Å². The van der Waals surface area contributed by atoms with Crippen LogP contribution in [0.25, 0.3) is 17.0 Å². The predicted octanol–water partition coefficient (Wildman–Crippen LogP) is 4.92. The number of aromatic nitrogens is 4. The summed E-state index contributed by atoms with van der Waals surface area (Å²) in [6, 6.07) is 10.7. The number of hydrogen-bond donors (Lipinski definition) is 0. The van der Waals surface area contributed by atoms with E-state index in [0.29, 0.717) is 16.3 Å². The number of carbonyl (C=O) groups excluding carboxylic acids is 1. The van der Waals surface area contributed by atoms with E-state index >= 15 is 0 Å². The van der Waals surface area contributed by atoms with Gasteiger partial charge in [0.25, 0.3) is 5.91 Å². The monoisotopic (exact) mass is 428 g/mol. The number of pyridine rings is 1. The topological polar surface area (TPSA) is 52.2 Å². The molecule has 1 aromatic carbocycles. The maximum atomic E-state index is 12.7. The Kier molecular flexibility index (Phi) is 4.17. The standard InChI is InChI=1S/C19H14BrClN4O/c1-11-4-3-9-24-17(12(2)22-18(11)24)16-15(20)10-25(23-16)19(26)13-5-7-14(21)8-6-13/h3-10H,1-2H3. The highest BCUT2D eigenvalue weighted by molar-refractivity contribution is 9.10. The molecule has 0 unspecified atom stereocenters. The summed E-state index contributed by atoms with van der Waals surface area (Å²) in [5, 5.41) is 5.10. The number of nitrogens with zero attached hydrogens (tertiary/aromatic N) is 4. The summed E-state index contributed by atoms with van der Waals surface area (Å²) >= 11 is 9.43. The lowest BCUT2D eigenvalue weighted by Crippen LogP contribution is -2.12. The molecule has 7 heteroatoms. The van der Waals surface area contributed by atoms with Crippen LogP contribution in [0.4, 0.5) is 0 Å². The van der Waals surface area contributed by atoms with Crippen molar-refractivity contribution < 1.29 is 4.79 Å². The first-order chi connectivity index (χ1) is 12.5. The summed E-state index contributed by atoms with van der Waals surface area (Å²) in [5.74, 6) is -0.226. The Morgan fingerprint density at radius 1 is 1.15 bits per heavy atom. The second kappa shape index (κ2) is 6.37. The second-order valence-electron chi connectivity index (χ2n) is 6.01. The lowest BCUT2D eigenvalue weighted by atomic mass is 10.2. The summed E-state index contributed by atoms with van der Waals surface area (Å²) in [7, 11) is 0. The highest BCUT2D eigenvalue weighted by Gasteiger charge is 2.20. The van der Waals surface area contributed by atoms with E-state index in [2.05, 4.69) is 26.0 Å². The number of fused-ring (bicyclic) bond motifs is 1. The fraction of sp³-hybridized carbons (Fsp3) is 0.105. The molecule has 0 bridgehead atoms. The van der Waals surface area contributed by atoms with Gasteiger partial charge >= 0.3 is 0 Å². The quantitative estimate of drug-likeness (QED) is 0.454. The minimum Gasteiger partial charge on any atom is -0.298 e. The average molecular weight is 430 g/mol. The Hall–Kier alpha value is -2.44. The number of rotatable bonds is 2. The van der Waals surface area contributed by atoms with E-state index in [1.807, 2.05) is 36.6 Å². The second-order valence-corrected chi connectivity index (χ2v) is 7.30. The molecule has 0 fully saturated rings. The summed E-state index contributed by atoms with van der Waals surface area (Å²) in [5.41, 5.74) is 4.85. The van der Waals surface area contributed by atoms with E-state index in [-0.39, 0.29) is 5.91 Å². The van der Waals surface area contributed by atoms with E-state index in [9.17, 15) is 4.79 Å². The van der Waals surface area contributed by atoms with E-state index in [4.69, 9.17) is 11.6 Å². The molecular weight excluding hydrogens is 416 g/mol. The molecular formula is C19H14BrClN4O. The Balaban J connectivity index is 1.83. The number of hydrogen-bond acceptors (Lipinski definition) is 3. The molecule has 0 radical (unpaired) electrons. The summed E-state index contributed by atoms with van der Waals surface area (Å²) < 4.78 is 4.05. The minimum atomic E-state index is -0.226. The van der Waals surface area contributed by atoms with Gasteiger partial charge < -0.3 is 0 Å². The van der Waals surface area contributed by atoms with Crippen molar-refractivity contribution in [2.75, 3.05) is 0 Å². The van der Waals surface area contributed by atoms with Crippen LogP contribution in [0.3, 0.4) is 0 Å². The molecule has 0 amide bonds. The van der Waals surface area contributed by atoms with Gasteiger partial charge in [0.05, 0.1) is 15.9 Å². The third-order valence-electron chi connectivity index (χ3n) is 4.21. The SMILES string of the molecule is Cc1nc2c(C)cccn2c1-c1nn(C(=O)c2ccc(Cl)cc2)cc1Br. The van der Waals surface area contributed by atoms with Crippen molar-refractivity contribution in [2.45, 2.75) is 13.8 Å². The molecule has 26 heavy (non-hydrogen) atoms. The van der Waals surface area contributed by atoms with Crippen molar-refractivity contribution in [1.82, 2.24) is 19.2 Å². The lowest BCUT2D eigenvalue weighted by Gasteiger charge is -2.02. The molecule has 3 aromatic heterocycles. The van der Waals surface area contributed by atoms with Gasteiger partial charge in [0.2, 0.25) is 0 Å². The predicted molar refractivity (Wildman–Crippen MR) is 105 cm³/mol. The molecule has 4 rings (SSSR count). The molecule has 3 heterocycles. The minimum absolute atomic E-state index is 0.226. The highest BCUT2D eigenvalue weighted by Crippen LogP contribution is 2.31. The van der Waals surface area contributed by atoms with Gasteiger partial charge in [0.15, 0.2) is 0 Å². The maximum absolute atomic E-state index is 12.7. The molecule has 4 aromatic rings. The van der Waals surface area contributed by atoms with Gasteiger partial charge in [-0.2, -0.15) is 5.10 Å². The van der Waals surface area contributed by atoms with Gasteiger partial charge in [0, 0.05) is 23.0 Å². The molecule has 130 valence electrons. The van der Waals surface area contributed by atoms with Crippen molar-refractivity contribution >= 4 is 39.1 Å². The Bertz CT molecular complexity index is 1140. The zero-order chi connectivity index (χ0) is 18.4. The normalized spacial score (nSPS) is 11.2. The van der Waals surface area contributed by atoms with Crippen LogP contribution < -0.4 is 0 Å². The smallest absolute Gasteiger partial charge is 0.278 e. The fourth-order valence-corrected chi connectivity index (χ4v) is 3.53. The van der Waals surface area contributed by atoms with E-state index in [1.54, 1.807) is 30.5 Å². The van der Waals surface area contributed by atoms with Gasteiger partial charge in [-0.1, -0.05) is 17.7 Å². The first-order valence-electron chi connectivity index (χ1n) is 7.96. The van der Waals surface area contributed by atoms with Crippen molar-refractivity contribution in [3.63, 3.8) is 0 Å². The molecule has 0 aliphatic rings. The van der Waals surface area contributed by atoms with Crippen molar-refractivity contribution in [2.24, 2.45) is 0 Å². The number of benzene rings is 1.